The van der Waals surface area contributed by atoms with Crippen LogP contribution in [0.25, 0.3) is 6.08 Å². The Hall–Kier alpha value is -2.93. The Morgan fingerprint density at radius 3 is 2.37 bits per heavy atom. The first-order chi connectivity index (χ1) is 13.2. The molecule has 1 aliphatic carbocycles. The summed E-state index contributed by atoms with van der Waals surface area (Å²) in [5.74, 6) is 0.247. The number of carbonyl (C=O) groups is 1. The molecule has 27 heavy (non-hydrogen) atoms. The Morgan fingerprint density at radius 2 is 1.59 bits per heavy atom. The van der Waals surface area contributed by atoms with Crippen molar-refractivity contribution < 1.29 is 4.79 Å². The largest absolute Gasteiger partial charge is 0.293 e. The van der Waals surface area contributed by atoms with Crippen LogP contribution in [0, 0.1) is 12.3 Å². The quantitative estimate of drug-likeness (QED) is 0.557. The van der Waals surface area contributed by atoms with Gasteiger partial charge in [-0.15, -0.1) is 0 Å². The molecule has 0 saturated heterocycles. The molecule has 1 atom stereocenters. The molecule has 0 bridgehead atoms. The average molecular weight is 352 g/mol. The number of allylic oxidation sites excluding steroid dienone is 1. The molecule has 0 aliphatic heterocycles. The van der Waals surface area contributed by atoms with Gasteiger partial charge >= 0.3 is 0 Å². The van der Waals surface area contributed by atoms with E-state index in [9.17, 15) is 4.79 Å². The van der Waals surface area contributed by atoms with Crippen LogP contribution in [0.15, 0.2) is 84.9 Å². The van der Waals surface area contributed by atoms with E-state index in [1.54, 1.807) is 0 Å². The molecule has 0 radical (unpaired) electrons. The monoisotopic (exact) mass is 352 g/mol. The first kappa shape index (κ1) is 17.5. The predicted molar refractivity (Wildman–Crippen MR) is 112 cm³/mol. The maximum absolute atomic E-state index is 13.6. The maximum Gasteiger partial charge on any atom is 0.173 e. The van der Waals surface area contributed by atoms with Crippen LogP contribution in [-0.2, 0) is 12.8 Å². The van der Waals surface area contributed by atoms with Crippen LogP contribution in [0.5, 0.6) is 0 Å². The summed E-state index contributed by atoms with van der Waals surface area (Å²) in [6, 6.07) is 26.9. The second-order valence-corrected chi connectivity index (χ2v) is 7.55. The molecule has 0 N–H and O–H groups in total. The zero-order valence-corrected chi connectivity index (χ0v) is 15.7. The molecular formula is C26H24O. The van der Waals surface area contributed by atoms with Crippen LogP contribution in [0.3, 0.4) is 0 Å². The number of fused-ring (bicyclic) bond motifs is 1. The summed E-state index contributed by atoms with van der Waals surface area (Å²) in [5, 5.41) is 0. The van der Waals surface area contributed by atoms with Crippen molar-refractivity contribution >= 4 is 11.9 Å². The van der Waals surface area contributed by atoms with Crippen molar-refractivity contribution in [3.63, 3.8) is 0 Å². The van der Waals surface area contributed by atoms with E-state index in [2.05, 4.69) is 61.5 Å². The van der Waals surface area contributed by atoms with Gasteiger partial charge in [0, 0.05) is 5.56 Å². The van der Waals surface area contributed by atoms with Crippen LogP contribution in [0.4, 0.5) is 0 Å². The molecule has 3 aromatic rings. The van der Waals surface area contributed by atoms with E-state index in [4.69, 9.17) is 0 Å². The van der Waals surface area contributed by atoms with Crippen molar-refractivity contribution in [3.05, 3.63) is 113 Å². The predicted octanol–water partition coefficient (Wildman–Crippen LogP) is 6.07. The number of benzene rings is 3. The summed E-state index contributed by atoms with van der Waals surface area (Å²) in [7, 11) is 0. The van der Waals surface area contributed by atoms with Gasteiger partial charge in [0.05, 0.1) is 5.41 Å². The molecule has 1 heteroatoms. The maximum atomic E-state index is 13.6. The molecule has 0 amide bonds. The summed E-state index contributed by atoms with van der Waals surface area (Å²) in [6.45, 7) is 2.09. The normalized spacial score (nSPS) is 19.2. The molecule has 1 nitrogen and oxygen atoms in total. The van der Waals surface area contributed by atoms with Crippen molar-refractivity contribution in [1.82, 2.24) is 0 Å². The van der Waals surface area contributed by atoms with Crippen molar-refractivity contribution in [2.75, 3.05) is 0 Å². The highest BCUT2D eigenvalue weighted by Gasteiger charge is 2.40. The van der Waals surface area contributed by atoms with Crippen LogP contribution < -0.4 is 0 Å². The third-order valence-electron chi connectivity index (χ3n) is 5.59. The van der Waals surface area contributed by atoms with Crippen molar-refractivity contribution in [2.24, 2.45) is 5.41 Å². The zero-order chi connectivity index (χ0) is 18.7. The Labute approximate surface area is 161 Å². The number of carbonyl (C=O) groups excluding carboxylic acids is 1. The summed E-state index contributed by atoms with van der Waals surface area (Å²) in [4.78, 5) is 13.6. The minimum atomic E-state index is -0.487. The number of Topliss-reactive ketones (excluding diaryl/α,β-unsaturated/α-hetero) is 1. The highest BCUT2D eigenvalue weighted by molar-refractivity contribution is 6.04. The lowest BCUT2D eigenvalue weighted by atomic mass is 9.67. The highest BCUT2D eigenvalue weighted by atomic mass is 16.1. The number of ketones is 1. The van der Waals surface area contributed by atoms with E-state index in [0.717, 1.165) is 30.4 Å². The SMILES string of the molecule is Cc1ccc(CC2(/C=C/c3ccccc3)CCc3ccccc3C2=O)cc1. The van der Waals surface area contributed by atoms with Gasteiger partial charge < -0.3 is 0 Å². The number of aryl methyl sites for hydroxylation is 2. The molecule has 0 fully saturated rings. The molecule has 1 unspecified atom stereocenters. The van der Waals surface area contributed by atoms with Gasteiger partial charge in [0.15, 0.2) is 5.78 Å². The Balaban J connectivity index is 1.74. The van der Waals surface area contributed by atoms with Crippen LogP contribution in [0.2, 0.25) is 0 Å². The van der Waals surface area contributed by atoms with E-state index >= 15 is 0 Å². The number of hydrogen-bond acceptors (Lipinski definition) is 1. The second kappa shape index (κ2) is 7.36. The van der Waals surface area contributed by atoms with Gasteiger partial charge in [0.2, 0.25) is 0 Å². The third kappa shape index (κ3) is 3.64. The smallest absolute Gasteiger partial charge is 0.173 e. The summed E-state index contributed by atoms with van der Waals surface area (Å²) < 4.78 is 0. The van der Waals surface area contributed by atoms with E-state index in [-0.39, 0.29) is 5.78 Å². The number of rotatable bonds is 4. The third-order valence-corrected chi connectivity index (χ3v) is 5.59. The Morgan fingerprint density at radius 1 is 0.889 bits per heavy atom. The minimum absolute atomic E-state index is 0.247. The fraction of sp³-hybridized carbons (Fsp3) is 0.192. The lowest BCUT2D eigenvalue weighted by molar-refractivity contribution is 0.0825. The lowest BCUT2D eigenvalue weighted by Crippen LogP contribution is -2.36. The van der Waals surface area contributed by atoms with Gasteiger partial charge in [0.25, 0.3) is 0 Å². The summed E-state index contributed by atoms with van der Waals surface area (Å²) in [6.07, 6.45) is 6.79. The van der Waals surface area contributed by atoms with Gasteiger partial charge in [-0.25, -0.2) is 0 Å². The molecule has 0 spiro atoms. The molecule has 134 valence electrons. The van der Waals surface area contributed by atoms with Gasteiger partial charge in [-0.2, -0.15) is 0 Å². The van der Waals surface area contributed by atoms with Gasteiger partial charge in [-0.1, -0.05) is 96.6 Å². The van der Waals surface area contributed by atoms with Gasteiger partial charge in [-0.05, 0) is 42.9 Å². The van der Waals surface area contributed by atoms with E-state index < -0.39 is 5.41 Å². The second-order valence-electron chi connectivity index (χ2n) is 7.55. The van der Waals surface area contributed by atoms with E-state index in [0.29, 0.717) is 0 Å². The first-order valence-electron chi connectivity index (χ1n) is 9.59. The molecule has 1 aliphatic rings. The van der Waals surface area contributed by atoms with Crippen LogP contribution in [-0.4, -0.2) is 5.78 Å². The van der Waals surface area contributed by atoms with Gasteiger partial charge in [-0.3, -0.25) is 4.79 Å². The van der Waals surface area contributed by atoms with Crippen molar-refractivity contribution in [3.8, 4) is 0 Å². The van der Waals surface area contributed by atoms with Crippen molar-refractivity contribution in [1.29, 1.82) is 0 Å². The minimum Gasteiger partial charge on any atom is -0.293 e. The van der Waals surface area contributed by atoms with Gasteiger partial charge in [0.1, 0.15) is 0 Å². The Bertz CT molecular complexity index is 967. The summed E-state index contributed by atoms with van der Waals surface area (Å²) >= 11 is 0. The molecule has 4 rings (SSSR count). The molecule has 3 aromatic carbocycles. The van der Waals surface area contributed by atoms with Crippen LogP contribution >= 0.6 is 0 Å². The first-order valence-corrected chi connectivity index (χ1v) is 9.59. The topological polar surface area (TPSA) is 17.1 Å². The van der Waals surface area contributed by atoms with E-state index in [1.807, 2.05) is 36.4 Å². The molecule has 0 aromatic heterocycles. The molecular weight excluding hydrogens is 328 g/mol. The zero-order valence-electron chi connectivity index (χ0n) is 15.7. The molecule has 0 saturated carbocycles. The number of hydrogen-bond donors (Lipinski definition) is 0. The standard InChI is InChI=1S/C26H24O/c1-20-11-13-22(14-12-20)19-26(17-15-21-7-3-2-4-8-21)18-16-23-9-5-6-10-24(23)25(26)27/h2-15,17H,16,18-19H2,1H3/b17-15+. The average Bonchev–Trinajstić information content (AvgIpc) is 2.72. The fourth-order valence-electron chi connectivity index (χ4n) is 3.98. The molecule has 0 heterocycles. The highest BCUT2D eigenvalue weighted by Crippen LogP contribution is 2.40. The van der Waals surface area contributed by atoms with Crippen LogP contribution in [0.1, 0.15) is 39.0 Å². The lowest BCUT2D eigenvalue weighted by Gasteiger charge is -2.34. The van der Waals surface area contributed by atoms with Crippen molar-refractivity contribution in [2.45, 2.75) is 26.2 Å². The fourth-order valence-corrected chi connectivity index (χ4v) is 3.98. The Kier molecular flexibility index (Phi) is 4.77. The van der Waals surface area contributed by atoms with E-state index in [1.165, 1.54) is 16.7 Å². The summed E-state index contributed by atoms with van der Waals surface area (Å²) in [5.41, 5.74) is 5.16.